The smallest absolute Gasteiger partial charge is 0.338 e. The van der Waals surface area contributed by atoms with Gasteiger partial charge in [0.25, 0.3) is 0 Å². The van der Waals surface area contributed by atoms with Crippen molar-refractivity contribution in [2.75, 3.05) is 0 Å². The van der Waals surface area contributed by atoms with Crippen molar-refractivity contribution in [1.29, 1.82) is 0 Å². The molecule has 0 saturated heterocycles. The number of fused-ring (bicyclic) bond motifs is 5. The number of rotatable bonds is 7. The minimum absolute atomic E-state index is 0.0340. The molecule has 0 bridgehead atoms. The van der Waals surface area contributed by atoms with Gasteiger partial charge in [-0.15, -0.1) is 0 Å². The maximum atomic E-state index is 13.0. The Bertz CT molecular complexity index is 1380. The summed E-state index contributed by atoms with van der Waals surface area (Å²) in [5.41, 5.74) is 3.77. The highest BCUT2D eigenvalue weighted by Crippen LogP contribution is 2.68. The maximum Gasteiger partial charge on any atom is 0.338 e. The van der Waals surface area contributed by atoms with E-state index in [4.69, 9.17) is 4.74 Å². The lowest BCUT2D eigenvalue weighted by atomic mass is 9.44. The average molecular weight is 591 g/mol. The first-order valence-electron chi connectivity index (χ1n) is 17.7. The molecule has 3 saturated carbocycles. The molecule has 44 heavy (non-hydrogen) atoms. The highest BCUT2D eigenvalue weighted by molar-refractivity contribution is 5.89. The van der Waals surface area contributed by atoms with Gasteiger partial charge in [-0.25, -0.2) is 4.79 Å². The minimum atomic E-state index is -0.186. The zero-order chi connectivity index (χ0) is 30.9. The first-order valence-corrected chi connectivity index (χ1v) is 17.7. The van der Waals surface area contributed by atoms with Gasteiger partial charge in [0.15, 0.2) is 0 Å². The van der Waals surface area contributed by atoms with Crippen molar-refractivity contribution < 1.29 is 9.53 Å². The third kappa shape index (κ3) is 6.06. The number of esters is 1. The largest absolute Gasteiger partial charge is 0.459 e. The number of carbonyl (C=O) groups excluding carboxylic acids is 1. The lowest BCUT2D eigenvalue weighted by Gasteiger charge is -2.60. The molecule has 9 atom stereocenters. The van der Waals surface area contributed by atoms with E-state index in [-0.39, 0.29) is 17.5 Å². The van der Waals surface area contributed by atoms with E-state index in [0.717, 1.165) is 42.6 Å². The van der Waals surface area contributed by atoms with Crippen LogP contribution in [-0.4, -0.2) is 12.1 Å². The molecule has 0 aliphatic heterocycles. The van der Waals surface area contributed by atoms with Crippen LogP contribution in [0.1, 0.15) is 115 Å². The van der Waals surface area contributed by atoms with Crippen LogP contribution in [0.25, 0.3) is 0 Å². The van der Waals surface area contributed by atoms with Crippen LogP contribution in [0.2, 0.25) is 0 Å². The van der Waals surface area contributed by atoms with E-state index in [1.165, 1.54) is 50.5 Å². The van der Waals surface area contributed by atoms with Gasteiger partial charge >= 0.3 is 5.97 Å². The number of hydrogen-bond acceptors (Lipinski definition) is 2. The number of carbonyl (C=O) groups is 1. The summed E-state index contributed by atoms with van der Waals surface area (Å²) in [6.45, 7) is 12.5. The van der Waals surface area contributed by atoms with Gasteiger partial charge in [0.05, 0.1) is 5.56 Å². The molecule has 6 rings (SSSR count). The normalized spacial score (nSPS) is 34.9. The molecule has 0 N–H and O–H groups in total. The molecule has 3 fully saturated rings. The second-order valence-corrected chi connectivity index (χ2v) is 15.8. The van der Waals surface area contributed by atoms with Crippen LogP contribution in [0.5, 0.6) is 0 Å². The third-order valence-corrected chi connectivity index (χ3v) is 12.8. The first kappa shape index (κ1) is 31.2. The van der Waals surface area contributed by atoms with E-state index in [9.17, 15) is 4.79 Å². The Balaban J connectivity index is 1.29. The molecule has 0 amide bonds. The molecule has 2 aromatic rings. The quantitative estimate of drug-likeness (QED) is 0.237. The third-order valence-electron chi connectivity index (χ3n) is 12.8. The lowest BCUT2D eigenvalue weighted by Crippen LogP contribution is -2.54. The molecule has 0 spiro atoms. The number of ether oxygens (including phenoxy) is 1. The summed E-state index contributed by atoms with van der Waals surface area (Å²) in [6, 6.07) is 20.0. The maximum absolute atomic E-state index is 13.0. The van der Waals surface area contributed by atoms with E-state index in [2.05, 4.69) is 82.9 Å². The van der Waals surface area contributed by atoms with Gasteiger partial charge in [0.1, 0.15) is 6.10 Å². The van der Waals surface area contributed by atoms with Crippen molar-refractivity contribution in [2.45, 2.75) is 105 Å². The van der Waals surface area contributed by atoms with Crippen LogP contribution in [0.4, 0.5) is 0 Å². The monoisotopic (exact) mass is 590 g/mol. The number of allylic oxidation sites excluding steroid dienone is 2. The van der Waals surface area contributed by atoms with Gasteiger partial charge in [0.2, 0.25) is 0 Å². The van der Waals surface area contributed by atoms with Gasteiger partial charge in [0, 0.05) is 11.1 Å². The fourth-order valence-electron chi connectivity index (χ4n) is 10.4. The van der Waals surface area contributed by atoms with Crippen molar-refractivity contribution >= 4 is 5.97 Å². The topological polar surface area (TPSA) is 26.3 Å². The number of benzene rings is 2. The fourth-order valence-corrected chi connectivity index (χ4v) is 10.4. The summed E-state index contributed by atoms with van der Waals surface area (Å²) in [7, 11) is 0. The predicted molar refractivity (Wildman–Crippen MR) is 181 cm³/mol. The molecular weight excluding hydrogens is 536 g/mol. The van der Waals surface area contributed by atoms with Gasteiger partial charge in [-0.3, -0.25) is 0 Å². The SMILES string of the molecule is CC(C)CCC[C@H](C)[C@@H]1CC[C@@H]2[C@H]3C(C#Cc4ccccc4)=C[C@@H]4C[C@@H](OC(=O)c5ccccc5)CC[C@]4(C)[C@H]3CC[C@@]21C. The molecule has 4 aliphatic carbocycles. The second-order valence-electron chi connectivity index (χ2n) is 15.8. The van der Waals surface area contributed by atoms with Gasteiger partial charge in [-0.05, 0) is 121 Å². The lowest BCUT2D eigenvalue weighted by molar-refractivity contribution is -0.0869. The molecule has 0 heterocycles. The van der Waals surface area contributed by atoms with Crippen LogP contribution in [-0.2, 0) is 4.74 Å². The summed E-state index contributed by atoms with van der Waals surface area (Å²) in [6.07, 6.45) is 15.0. The standard InChI is InChI=1S/C42H54O2/c1-29(2)13-12-14-30(3)36-21-22-37-39-33(20-19-31-15-8-6-9-16-31)27-34-28-35(44-40(43)32-17-10-7-11-18-32)23-25-41(34,4)38(39)24-26-42(36,37)5/h6-11,15-18,27,29-30,34-39H,12-14,21-26,28H2,1-5H3/t30-,34+,35-,36-,37+,38-,39+,41-,42+/m0/s1. The summed E-state index contributed by atoms with van der Waals surface area (Å²) >= 11 is 0. The molecule has 2 aromatic carbocycles. The van der Waals surface area contributed by atoms with Crippen LogP contribution in [0.15, 0.2) is 72.3 Å². The zero-order valence-electron chi connectivity index (χ0n) is 27.9. The van der Waals surface area contributed by atoms with Crippen LogP contribution in [0.3, 0.4) is 0 Å². The first-order chi connectivity index (χ1) is 21.2. The van der Waals surface area contributed by atoms with E-state index < -0.39 is 0 Å². The van der Waals surface area contributed by atoms with Crippen LogP contribution >= 0.6 is 0 Å². The summed E-state index contributed by atoms with van der Waals surface area (Å²) in [5, 5.41) is 0. The van der Waals surface area contributed by atoms with Crippen LogP contribution in [0, 0.1) is 64.1 Å². The van der Waals surface area contributed by atoms with Crippen molar-refractivity contribution in [3.05, 3.63) is 83.4 Å². The Labute approximate surface area is 267 Å². The van der Waals surface area contributed by atoms with E-state index in [1.807, 2.05) is 30.3 Å². The predicted octanol–water partition coefficient (Wildman–Crippen LogP) is 10.5. The molecule has 4 aliphatic rings. The molecule has 0 radical (unpaired) electrons. The second kappa shape index (κ2) is 12.9. The summed E-state index contributed by atoms with van der Waals surface area (Å²) in [4.78, 5) is 13.0. The van der Waals surface area contributed by atoms with Crippen molar-refractivity contribution in [2.24, 2.45) is 52.3 Å². The van der Waals surface area contributed by atoms with Crippen LogP contribution < -0.4 is 0 Å². The fraction of sp³-hybridized carbons (Fsp3) is 0.595. The van der Waals surface area contributed by atoms with E-state index in [0.29, 0.717) is 34.7 Å². The zero-order valence-corrected chi connectivity index (χ0v) is 27.9. The van der Waals surface area contributed by atoms with Gasteiger partial charge in [-0.2, -0.15) is 0 Å². The molecule has 234 valence electrons. The van der Waals surface area contributed by atoms with Gasteiger partial charge < -0.3 is 4.74 Å². The average Bonchev–Trinajstić information content (AvgIpc) is 3.38. The summed E-state index contributed by atoms with van der Waals surface area (Å²) < 4.78 is 6.14. The minimum Gasteiger partial charge on any atom is -0.459 e. The Morgan fingerprint density at radius 2 is 1.52 bits per heavy atom. The Hall–Kier alpha value is -2.79. The van der Waals surface area contributed by atoms with Crippen molar-refractivity contribution in [3.63, 3.8) is 0 Å². The molecule has 0 unspecified atom stereocenters. The molecule has 2 heteroatoms. The summed E-state index contributed by atoms with van der Waals surface area (Å²) in [5.74, 6) is 11.9. The Morgan fingerprint density at radius 3 is 2.25 bits per heavy atom. The molecular formula is C42H54O2. The highest BCUT2D eigenvalue weighted by Gasteiger charge is 2.61. The van der Waals surface area contributed by atoms with E-state index >= 15 is 0 Å². The van der Waals surface area contributed by atoms with E-state index in [1.54, 1.807) is 0 Å². The Kier molecular flexibility index (Phi) is 9.15. The highest BCUT2D eigenvalue weighted by atomic mass is 16.5. The molecule has 2 nitrogen and oxygen atoms in total. The van der Waals surface area contributed by atoms with Crippen molar-refractivity contribution in [1.82, 2.24) is 0 Å². The Morgan fingerprint density at radius 1 is 0.841 bits per heavy atom. The van der Waals surface area contributed by atoms with Gasteiger partial charge in [-0.1, -0.05) is 108 Å². The number of hydrogen-bond donors (Lipinski definition) is 0. The molecule has 0 aromatic heterocycles. The van der Waals surface area contributed by atoms with Crippen molar-refractivity contribution in [3.8, 4) is 11.8 Å².